The summed E-state index contributed by atoms with van der Waals surface area (Å²) >= 11 is 1.59. The molecule has 6 heteroatoms. The van der Waals surface area contributed by atoms with Crippen LogP contribution >= 0.6 is 11.3 Å². The van der Waals surface area contributed by atoms with Crippen LogP contribution in [0.3, 0.4) is 0 Å². The summed E-state index contributed by atoms with van der Waals surface area (Å²) in [7, 11) is 1.85. The van der Waals surface area contributed by atoms with E-state index in [1.54, 1.807) is 22.2 Å². The molecule has 0 aliphatic heterocycles. The van der Waals surface area contributed by atoms with Crippen LogP contribution < -0.4 is 0 Å². The largest absolute Gasteiger partial charge is 0.372 e. The highest BCUT2D eigenvalue weighted by molar-refractivity contribution is 7.09. The molecule has 0 saturated heterocycles. The lowest BCUT2D eigenvalue weighted by Crippen LogP contribution is -2.02. The number of aromatic nitrogens is 4. The van der Waals surface area contributed by atoms with Crippen molar-refractivity contribution < 1.29 is 4.74 Å². The molecule has 2 heterocycles. The van der Waals surface area contributed by atoms with E-state index >= 15 is 0 Å². The van der Waals surface area contributed by atoms with Crippen molar-refractivity contribution in [1.29, 1.82) is 0 Å². The molecule has 5 nitrogen and oxygen atoms in total. The molecule has 0 unspecified atom stereocenters. The Labute approximate surface area is 98.1 Å². The molecule has 0 amide bonds. The maximum absolute atomic E-state index is 5.50. The molecule has 0 radical (unpaired) electrons. The Balaban J connectivity index is 2.11. The summed E-state index contributed by atoms with van der Waals surface area (Å²) in [5, 5.41) is 10.7. The Bertz CT molecular complexity index is 463. The highest BCUT2D eigenvalue weighted by Gasteiger charge is 2.09. The maximum atomic E-state index is 5.50. The second-order valence-electron chi connectivity index (χ2n) is 3.73. The lowest BCUT2D eigenvalue weighted by atomic mass is 10.4. The van der Waals surface area contributed by atoms with Gasteiger partial charge in [0.05, 0.1) is 18.9 Å². The molecular weight excluding hydrogens is 224 g/mol. The first-order valence-electron chi connectivity index (χ1n) is 5.08. The molecular formula is C10H14N4OS. The van der Waals surface area contributed by atoms with Crippen molar-refractivity contribution in [2.24, 2.45) is 7.05 Å². The van der Waals surface area contributed by atoms with Gasteiger partial charge in [0.2, 0.25) is 0 Å². The van der Waals surface area contributed by atoms with E-state index < -0.39 is 0 Å². The molecule has 0 N–H and O–H groups in total. The first-order valence-corrected chi connectivity index (χ1v) is 5.96. The van der Waals surface area contributed by atoms with Gasteiger partial charge in [-0.05, 0) is 13.8 Å². The van der Waals surface area contributed by atoms with E-state index in [0.29, 0.717) is 6.61 Å². The van der Waals surface area contributed by atoms with E-state index in [9.17, 15) is 0 Å². The van der Waals surface area contributed by atoms with E-state index in [4.69, 9.17) is 4.74 Å². The van der Waals surface area contributed by atoms with Crippen LogP contribution in [0.15, 0.2) is 11.6 Å². The van der Waals surface area contributed by atoms with Gasteiger partial charge in [-0.2, -0.15) is 0 Å². The van der Waals surface area contributed by atoms with Gasteiger partial charge in [-0.3, -0.25) is 0 Å². The number of thiazole rings is 1. The van der Waals surface area contributed by atoms with Crippen molar-refractivity contribution in [2.45, 2.75) is 26.6 Å². The number of nitrogens with zero attached hydrogens (tertiary/aromatic N) is 4. The van der Waals surface area contributed by atoms with Crippen molar-refractivity contribution in [2.75, 3.05) is 0 Å². The van der Waals surface area contributed by atoms with Crippen molar-refractivity contribution in [1.82, 2.24) is 20.0 Å². The van der Waals surface area contributed by atoms with Crippen molar-refractivity contribution in [3.8, 4) is 11.4 Å². The Hall–Kier alpha value is -1.27. The van der Waals surface area contributed by atoms with E-state index in [1.165, 1.54) is 0 Å². The van der Waals surface area contributed by atoms with Crippen LogP contribution in [0.2, 0.25) is 0 Å². The third kappa shape index (κ3) is 2.45. The van der Waals surface area contributed by atoms with Gasteiger partial charge in [0.1, 0.15) is 16.4 Å². The van der Waals surface area contributed by atoms with Gasteiger partial charge in [-0.15, -0.1) is 16.4 Å². The number of hydrogen-bond donors (Lipinski definition) is 0. The molecule has 0 aromatic carbocycles. The zero-order valence-electron chi connectivity index (χ0n) is 9.54. The predicted molar refractivity (Wildman–Crippen MR) is 62.0 cm³/mol. The summed E-state index contributed by atoms with van der Waals surface area (Å²) in [6.07, 6.45) is 1.94. The van der Waals surface area contributed by atoms with Gasteiger partial charge < -0.3 is 4.74 Å². The smallest absolute Gasteiger partial charge is 0.119 e. The summed E-state index contributed by atoms with van der Waals surface area (Å²) in [6, 6.07) is 0. The fourth-order valence-electron chi connectivity index (χ4n) is 1.25. The summed E-state index contributed by atoms with van der Waals surface area (Å²) in [5.41, 5.74) is 1.83. The quantitative estimate of drug-likeness (QED) is 0.816. The first-order chi connectivity index (χ1) is 7.66. The molecule has 0 aliphatic carbocycles. The Kier molecular flexibility index (Phi) is 3.31. The van der Waals surface area contributed by atoms with E-state index in [-0.39, 0.29) is 6.10 Å². The minimum atomic E-state index is 0.228. The van der Waals surface area contributed by atoms with Gasteiger partial charge in [-0.25, -0.2) is 9.67 Å². The fourth-order valence-corrected chi connectivity index (χ4v) is 1.96. The second kappa shape index (κ2) is 4.71. The normalized spacial score (nSPS) is 11.2. The minimum Gasteiger partial charge on any atom is -0.372 e. The highest BCUT2D eigenvalue weighted by Crippen LogP contribution is 2.20. The lowest BCUT2D eigenvalue weighted by molar-refractivity contribution is 0.0656. The van der Waals surface area contributed by atoms with Crippen LogP contribution in [0.5, 0.6) is 0 Å². The molecule has 2 aromatic rings. The van der Waals surface area contributed by atoms with Crippen LogP contribution in [-0.4, -0.2) is 26.1 Å². The van der Waals surface area contributed by atoms with E-state index in [1.807, 2.05) is 26.3 Å². The van der Waals surface area contributed by atoms with Crippen LogP contribution in [0.1, 0.15) is 18.9 Å². The van der Waals surface area contributed by atoms with Crippen LogP contribution in [0.4, 0.5) is 0 Å². The van der Waals surface area contributed by atoms with Gasteiger partial charge in [0.25, 0.3) is 0 Å². The van der Waals surface area contributed by atoms with Crippen molar-refractivity contribution in [3.05, 3.63) is 16.6 Å². The summed E-state index contributed by atoms with van der Waals surface area (Å²) in [6.45, 7) is 4.59. The molecule has 2 aromatic heterocycles. The molecule has 0 spiro atoms. The molecule has 2 rings (SSSR count). The molecule has 0 fully saturated rings. The number of aryl methyl sites for hydroxylation is 1. The van der Waals surface area contributed by atoms with E-state index in [2.05, 4.69) is 15.3 Å². The lowest BCUT2D eigenvalue weighted by Gasteiger charge is -2.03. The Morgan fingerprint density at radius 1 is 1.50 bits per heavy atom. The monoisotopic (exact) mass is 238 g/mol. The van der Waals surface area contributed by atoms with Crippen LogP contribution in [0.25, 0.3) is 11.4 Å². The highest BCUT2D eigenvalue weighted by atomic mass is 32.1. The maximum Gasteiger partial charge on any atom is 0.119 e. The van der Waals surface area contributed by atoms with Gasteiger partial charge in [0, 0.05) is 12.4 Å². The van der Waals surface area contributed by atoms with Crippen molar-refractivity contribution in [3.63, 3.8) is 0 Å². The molecule has 86 valence electrons. The number of rotatable bonds is 4. The second-order valence-corrected chi connectivity index (χ2v) is 4.67. The zero-order valence-corrected chi connectivity index (χ0v) is 10.4. The standard InChI is InChI=1S/C10H14N4OS/c1-7(2)15-5-10-12-8(6-16-10)9-4-11-13-14(9)3/h4,6-7H,5H2,1-3H3. The minimum absolute atomic E-state index is 0.228. The Morgan fingerprint density at radius 2 is 2.31 bits per heavy atom. The third-order valence-electron chi connectivity index (χ3n) is 2.07. The summed E-state index contributed by atoms with van der Waals surface area (Å²) in [5.74, 6) is 0. The van der Waals surface area contributed by atoms with E-state index in [0.717, 1.165) is 16.4 Å². The first kappa shape index (κ1) is 11.2. The average molecular weight is 238 g/mol. The fraction of sp³-hybridized carbons (Fsp3) is 0.500. The topological polar surface area (TPSA) is 52.8 Å². The molecule has 0 bridgehead atoms. The molecule has 0 aliphatic rings. The van der Waals surface area contributed by atoms with Crippen molar-refractivity contribution >= 4 is 11.3 Å². The molecule has 0 saturated carbocycles. The molecule has 16 heavy (non-hydrogen) atoms. The average Bonchev–Trinajstić information content (AvgIpc) is 2.83. The van der Waals surface area contributed by atoms with Gasteiger partial charge in [0.15, 0.2) is 0 Å². The third-order valence-corrected chi connectivity index (χ3v) is 2.89. The Morgan fingerprint density at radius 3 is 2.94 bits per heavy atom. The zero-order chi connectivity index (χ0) is 11.5. The predicted octanol–water partition coefficient (Wildman–Crippen LogP) is 1.86. The molecule has 0 atom stereocenters. The summed E-state index contributed by atoms with van der Waals surface area (Å²) in [4.78, 5) is 4.48. The summed E-state index contributed by atoms with van der Waals surface area (Å²) < 4.78 is 7.21. The van der Waals surface area contributed by atoms with Crippen LogP contribution in [-0.2, 0) is 18.4 Å². The number of hydrogen-bond acceptors (Lipinski definition) is 5. The SMILES string of the molecule is CC(C)OCc1nc(-c2cnnn2C)cs1. The van der Waals surface area contributed by atoms with Crippen LogP contribution in [0, 0.1) is 0 Å². The number of ether oxygens (including phenoxy) is 1. The van der Waals surface area contributed by atoms with Gasteiger partial charge >= 0.3 is 0 Å². The van der Waals surface area contributed by atoms with Gasteiger partial charge in [-0.1, -0.05) is 5.21 Å².